The van der Waals surface area contributed by atoms with E-state index in [0.717, 1.165) is 83.2 Å². The number of hydrogen-bond acceptors (Lipinski definition) is 5. The molecule has 0 aliphatic carbocycles. The zero-order valence-corrected chi connectivity index (χ0v) is 17.0. The number of aryl methyl sites for hydroxylation is 2. The van der Waals surface area contributed by atoms with Crippen LogP contribution in [0.2, 0.25) is 0 Å². The number of nitrogens with zero attached hydrogens (tertiary/aromatic N) is 5. The van der Waals surface area contributed by atoms with Crippen molar-refractivity contribution in [1.29, 1.82) is 0 Å². The molecule has 0 amide bonds. The largest absolute Gasteiger partial charge is 0.385 e. The maximum absolute atomic E-state index is 12.3. The first kappa shape index (κ1) is 21.4. The molecule has 27 heavy (non-hydrogen) atoms. The fourth-order valence-electron chi connectivity index (χ4n) is 3.21. The lowest BCUT2D eigenvalue weighted by molar-refractivity contribution is 0.180. The molecule has 0 bridgehead atoms. The number of fused-ring (bicyclic) bond motifs is 1. The van der Waals surface area contributed by atoms with E-state index in [9.17, 15) is 4.79 Å². The molecule has 2 rings (SSSR count). The molecule has 1 aliphatic heterocycles. The first-order valence-corrected chi connectivity index (χ1v) is 9.94. The van der Waals surface area contributed by atoms with Crippen LogP contribution in [0.15, 0.2) is 9.79 Å². The molecule has 1 aromatic heterocycles. The first-order valence-electron chi connectivity index (χ1n) is 9.94. The quantitative estimate of drug-likeness (QED) is 0.316. The lowest BCUT2D eigenvalue weighted by Gasteiger charge is -2.18. The van der Waals surface area contributed by atoms with Crippen LogP contribution < -0.4 is 16.3 Å². The van der Waals surface area contributed by atoms with Crippen LogP contribution in [0.5, 0.6) is 0 Å². The van der Waals surface area contributed by atoms with Gasteiger partial charge in [0.25, 0.3) is 0 Å². The summed E-state index contributed by atoms with van der Waals surface area (Å²) in [5, 5.41) is 11.1. The van der Waals surface area contributed by atoms with E-state index >= 15 is 0 Å². The number of likely N-dealkylation sites (N-methyl/N-ethyl adjacent to an activating group) is 1. The molecule has 9 heteroatoms. The standard InChI is InChI=1S/C18H35N7O2/c1-19-17(21-10-14-23(2)11-7-15-27-3)20-9-6-13-25-18(26)24-12-5-4-8-16(24)22-25/h4-15H2,1-3H3,(H2,19,20,21). The number of ether oxygens (including phenoxy) is 1. The minimum absolute atomic E-state index is 0.0312. The summed E-state index contributed by atoms with van der Waals surface area (Å²) in [6.07, 6.45) is 4.98. The van der Waals surface area contributed by atoms with Crippen molar-refractivity contribution in [2.45, 2.75) is 45.2 Å². The number of aromatic nitrogens is 3. The smallest absolute Gasteiger partial charge is 0.345 e. The van der Waals surface area contributed by atoms with Gasteiger partial charge in [-0.1, -0.05) is 0 Å². The molecule has 0 saturated carbocycles. The monoisotopic (exact) mass is 381 g/mol. The maximum Gasteiger partial charge on any atom is 0.345 e. The number of nitrogens with one attached hydrogen (secondary N) is 2. The van der Waals surface area contributed by atoms with Crippen molar-refractivity contribution in [3.8, 4) is 0 Å². The summed E-state index contributed by atoms with van der Waals surface area (Å²) in [7, 11) is 5.61. The molecule has 0 aromatic carbocycles. The van der Waals surface area contributed by atoms with E-state index in [1.54, 1.807) is 18.8 Å². The van der Waals surface area contributed by atoms with Gasteiger partial charge in [-0.25, -0.2) is 9.48 Å². The second-order valence-electron chi connectivity index (χ2n) is 6.96. The molecular formula is C18H35N7O2. The minimum Gasteiger partial charge on any atom is -0.385 e. The molecule has 2 N–H and O–H groups in total. The topological polar surface area (TPSA) is 88.7 Å². The van der Waals surface area contributed by atoms with Crippen molar-refractivity contribution in [3.05, 3.63) is 16.3 Å². The van der Waals surface area contributed by atoms with Crippen molar-refractivity contribution in [2.75, 3.05) is 54.0 Å². The fourth-order valence-corrected chi connectivity index (χ4v) is 3.21. The van der Waals surface area contributed by atoms with Crippen LogP contribution in [-0.2, 0) is 24.2 Å². The Hall–Kier alpha value is -1.87. The van der Waals surface area contributed by atoms with Crippen LogP contribution in [0.3, 0.4) is 0 Å². The average Bonchev–Trinajstić information content (AvgIpc) is 3.00. The molecule has 0 atom stereocenters. The molecule has 0 spiro atoms. The average molecular weight is 382 g/mol. The summed E-state index contributed by atoms with van der Waals surface area (Å²) in [5.74, 6) is 1.73. The Bertz CT molecular complexity index is 638. The third-order valence-corrected chi connectivity index (χ3v) is 4.77. The number of hydrogen-bond donors (Lipinski definition) is 2. The van der Waals surface area contributed by atoms with Crippen LogP contribution in [0.25, 0.3) is 0 Å². The molecule has 9 nitrogen and oxygen atoms in total. The summed E-state index contributed by atoms with van der Waals surface area (Å²) in [4.78, 5) is 18.8. The highest BCUT2D eigenvalue weighted by molar-refractivity contribution is 5.79. The van der Waals surface area contributed by atoms with E-state index in [2.05, 4.69) is 32.7 Å². The Labute approximate surface area is 161 Å². The Kier molecular flexibility index (Phi) is 9.34. The minimum atomic E-state index is 0.0312. The van der Waals surface area contributed by atoms with Gasteiger partial charge in [0.2, 0.25) is 0 Å². The van der Waals surface area contributed by atoms with Gasteiger partial charge in [0.15, 0.2) is 5.96 Å². The predicted molar refractivity (Wildman–Crippen MR) is 107 cm³/mol. The molecule has 1 aromatic rings. The summed E-state index contributed by atoms with van der Waals surface area (Å²) in [6, 6.07) is 0. The SMILES string of the molecule is CN=C(NCCCn1nc2n(c1=O)CCCC2)NCCN(C)CCCOC. The van der Waals surface area contributed by atoms with E-state index in [4.69, 9.17) is 4.74 Å². The van der Waals surface area contributed by atoms with Gasteiger partial charge in [0, 0.05) is 66.5 Å². The Balaban J connectivity index is 1.62. The first-order chi connectivity index (χ1) is 13.2. The third-order valence-electron chi connectivity index (χ3n) is 4.77. The van der Waals surface area contributed by atoms with Gasteiger partial charge in [-0.15, -0.1) is 0 Å². The van der Waals surface area contributed by atoms with Crippen molar-refractivity contribution in [3.63, 3.8) is 0 Å². The highest BCUT2D eigenvalue weighted by atomic mass is 16.5. The maximum atomic E-state index is 12.3. The molecule has 0 unspecified atom stereocenters. The van der Waals surface area contributed by atoms with E-state index in [-0.39, 0.29) is 5.69 Å². The van der Waals surface area contributed by atoms with Gasteiger partial charge in [0.1, 0.15) is 5.82 Å². The summed E-state index contributed by atoms with van der Waals surface area (Å²) in [5.41, 5.74) is 0.0312. The number of rotatable bonds is 11. The van der Waals surface area contributed by atoms with Crippen LogP contribution in [0, 0.1) is 0 Å². The summed E-state index contributed by atoms with van der Waals surface area (Å²) >= 11 is 0. The van der Waals surface area contributed by atoms with Gasteiger partial charge >= 0.3 is 5.69 Å². The summed E-state index contributed by atoms with van der Waals surface area (Å²) < 4.78 is 8.50. The zero-order valence-electron chi connectivity index (χ0n) is 17.0. The van der Waals surface area contributed by atoms with E-state index in [0.29, 0.717) is 6.54 Å². The van der Waals surface area contributed by atoms with Gasteiger partial charge in [-0.05, 0) is 32.7 Å². The Morgan fingerprint density at radius 1 is 1.26 bits per heavy atom. The molecule has 0 saturated heterocycles. The summed E-state index contributed by atoms with van der Waals surface area (Å²) in [6.45, 7) is 5.77. The van der Waals surface area contributed by atoms with Gasteiger partial charge < -0.3 is 20.3 Å². The van der Waals surface area contributed by atoms with Crippen LogP contribution >= 0.6 is 0 Å². The van der Waals surface area contributed by atoms with Crippen molar-refractivity contribution in [2.24, 2.45) is 4.99 Å². The highest BCUT2D eigenvalue weighted by Crippen LogP contribution is 2.09. The lowest BCUT2D eigenvalue weighted by Crippen LogP contribution is -2.41. The fraction of sp³-hybridized carbons (Fsp3) is 0.833. The molecule has 154 valence electrons. The Morgan fingerprint density at radius 3 is 2.81 bits per heavy atom. The van der Waals surface area contributed by atoms with E-state index in [1.807, 2.05) is 4.57 Å². The van der Waals surface area contributed by atoms with Crippen LogP contribution in [0.4, 0.5) is 0 Å². The van der Waals surface area contributed by atoms with Gasteiger partial charge in [-0.3, -0.25) is 9.56 Å². The second kappa shape index (κ2) is 11.8. The molecule has 2 heterocycles. The number of aliphatic imine (C=N–C) groups is 1. The zero-order chi connectivity index (χ0) is 19.5. The second-order valence-corrected chi connectivity index (χ2v) is 6.96. The van der Waals surface area contributed by atoms with Crippen molar-refractivity contribution < 1.29 is 4.74 Å². The number of methoxy groups -OCH3 is 1. The van der Waals surface area contributed by atoms with Crippen molar-refractivity contribution in [1.82, 2.24) is 29.9 Å². The normalized spacial score (nSPS) is 14.4. The van der Waals surface area contributed by atoms with E-state index in [1.165, 1.54) is 0 Å². The number of guanidine groups is 1. The van der Waals surface area contributed by atoms with Crippen molar-refractivity contribution >= 4 is 5.96 Å². The molecule has 0 radical (unpaired) electrons. The Morgan fingerprint density at radius 2 is 2.07 bits per heavy atom. The lowest BCUT2D eigenvalue weighted by atomic mass is 10.2. The molecule has 1 aliphatic rings. The molecule has 0 fully saturated rings. The third kappa shape index (κ3) is 6.99. The van der Waals surface area contributed by atoms with E-state index < -0.39 is 0 Å². The van der Waals surface area contributed by atoms with Gasteiger partial charge in [-0.2, -0.15) is 5.10 Å². The highest BCUT2D eigenvalue weighted by Gasteiger charge is 2.16. The van der Waals surface area contributed by atoms with Crippen LogP contribution in [-0.4, -0.2) is 79.2 Å². The predicted octanol–water partition coefficient (Wildman–Crippen LogP) is -0.0955. The molecular weight excluding hydrogens is 346 g/mol. The van der Waals surface area contributed by atoms with Gasteiger partial charge in [0.05, 0.1) is 0 Å². The van der Waals surface area contributed by atoms with Crippen LogP contribution in [0.1, 0.15) is 31.5 Å².